The molecule has 1 amide bonds. The SMILES string of the molecule is CC.CC.CC.O=C(CCCO)NCCN1CCNCC1.[HH]. The van der Waals surface area contributed by atoms with Crippen LogP contribution in [0.2, 0.25) is 0 Å². The van der Waals surface area contributed by atoms with E-state index in [2.05, 4.69) is 15.5 Å². The molecule has 1 fully saturated rings. The van der Waals surface area contributed by atoms with Gasteiger partial charge < -0.3 is 15.7 Å². The maximum absolute atomic E-state index is 11.2. The number of carbonyl (C=O) groups is 1. The first-order valence-electron chi connectivity index (χ1n) is 8.63. The second-order valence-electron chi connectivity index (χ2n) is 3.77. The van der Waals surface area contributed by atoms with Gasteiger partial charge in [0.15, 0.2) is 0 Å². The van der Waals surface area contributed by atoms with Crippen LogP contribution in [-0.2, 0) is 4.79 Å². The number of hydrogen-bond donors (Lipinski definition) is 3. The predicted molar refractivity (Wildman–Crippen MR) is 94.8 cm³/mol. The number of hydrogen-bond acceptors (Lipinski definition) is 4. The molecule has 0 aliphatic carbocycles. The van der Waals surface area contributed by atoms with Gasteiger partial charge in [-0.2, -0.15) is 0 Å². The second kappa shape index (κ2) is 24.4. The van der Waals surface area contributed by atoms with Crippen LogP contribution < -0.4 is 10.6 Å². The molecule has 21 heavy (non-hydrogen) atoms. The molecule has 1 aliphatic rings. The lowest BCUT2D eigenvalue weighted by atomic mass is 10.3. The normalized spacial score (nSPS) is 13.5. The minimum Gasteiger partial charge on any atom is -0.396 e. The van der Waals surface area contributed by atoms with E-state index in [4.69, 9.17) is 5.11 Å². The van der Waals surface area contributed by atoms with Crippen LogP contribution in [0, 0.1) is 0 Å². The highest BCUT2D eigenvalue weighted by molar-refractivity contribution is 5.75. The van der Waals surface area contributed by atoms with Gasteiger partial charge >= 0.3 is 0 Å². The summed E-state index contributed by atoms with van der Waals surface area (Å²) < 4.78 is 0. The van der Waals surface area contributed by atoms with Crippen LogP contribution in [0.25, 0.3) is 0 Å². The van der Waals surface area contributed by atoms with Gasteiger partial charge in [-0.3, -0.25) is 9.69 Å². The standard InChI is InChI=1S/C10H21N3O2.3C2H6.H2/c14-9-1-2-10(15)12-5-8-13-6-3-11-4-7-13;3*1-2;/h11,14H,1-9H2,(H,12,15);3*1-2H3;1H. The maximum Gasteiger partial charge on any atom is 0.220 e. The summed E-state index contributed by atoms with van der Waals surface area (Å²) in [6.45, 7) is 17.9. The number of aliphatic hydroxyl groups excluding tert-OH is 1. The molecule has 132 valence electrons. The third kappa shape index (κ3) is 19.4. The predicted octanol–water partition coefficient (Wildman–Crippen LogP) is 2.10. The minimum atomic E-state index is 0. The highest BCUT2D eigenvalue weighted by Crippen LogP contribution is 1.91. The number of nitrogens with one attached hydrogen (secondary N) is 2. The average molecular weight is 308 g/mol. The summed E-state index contributed by atoms with van der Waals surface area (Å²) in [5.74, 6) is 0.0409. The Balaban J connectivity index is -0.000000206. The number of nitrogens with zero attached hydrogens (tertiary/aromatic N) is 1. The van der Waals surface area contributed by atoms with Crippen molar-refractivity contribution >= 4 is 5.91 Å². The van der Waals surface area contributed by atoms with Gasteiger partial charge in [-0.1, -0.05) is 41.5 Å². The number of piperazine rings is 1. The van der Waals surface area contributed by atoms with Gasteiger partial charge in [0.1, 0.15) is 0 Å². The van der Waals surface area contributed by atoms with Crippen molar-refractivity contribution in [3.05, 3.63) is 0 Å². The zero-order valence-corrected chi connectivity index (χ0v) is 15.2. The Morgan fingerprint density at radius 1 is 1.14 bits per heavy atom. The van der Waals surface area contributed by atoms with Crippen molar-refractivity contribution in [2.45, 2.75) is 54.4 Å². The van der Waals surface area contributed by atoms with Crippen LogP contribution in [0.1, 0.15) is 55.8 Å². The number of amides is 1. The molecule has 3 N–H and O–H groups in total. The first-order valence-corrected chi connectivity index (χ1v) is 8.63. The van der Waals surface area contributed by atoms with Gasteiger partial charge in [0.25, 0.3) is 0 Å². The molecule has 0 spiro atoms. The molecule has 1 aliphatic heterocycles. The molecule has 0 aromatic carbocycles. The van der Waals surface area contributed by atoms with Crippen molar-refractivity contribution in [2.75, 3.05) is 45.9 Å². The lowest BCUT2D eigenvalue weighted by Gasteiger charge is -2.27. The van der Waals surface area contributed by atoms with E-state index < -0.39 is 0 Å². The lowest BCUT2D eigenvalue weighted by Crippen LogP contribution is -2.46. The fourth-order valence-electron chi connectivity index (χ4n) is 1.62. The van der Waals surface area contributed by atoms with Crippen LogP contribution in [0.4, 0.5) is 0 Å². The van der Waals surface area contributed by atoms with Gasteiger partial charge in [-0.15, -0.1) is 0 Å². The molecule has 0 radical (unpaired) electrons. The summed E-state index contributed by atoms with van der Waals surface area (Å²) in [5.41, 5.74) is 0. The van der Waals surface area contributed by atoms with Crippen LogP contribution in [0.15, 0.2) is 0 Å². The monoisotopic (exact) mass is 307 g/mol. The maximum atomic E-state index is 11.2. The van der Waals surface area contributed by atoms with E-state index >= 15 is 0 Å². The molecule has 1 saturated heterocycles. The van der Waals surface area contributed by atoms with Crippen LogP contribution in [-0.4, -0.2) is 61.8 Å². The molecule has 0 atom stereocenters. The fraction of sp³-hybridized carbons (Fsp3) is 0.938. The zero-order chi connectivity index (χ0) is 16.9. The smallest absolute Gasteiger partial charge is 0.220 e. The van der Waals surface area contributed by atoms with Crippen molar-refractivity contribution in [3.63, 3.8) is 0 Å². The lowest BCUT2D eigenvalue weighted by molar-refractivity contribution is -0.121. The van der Waals surface area contributed by atoms with Gasteiger partial charge in [0, 0.05) is 53.7 Å². The highest BCUT2D eigenvalue weighted by Gasteiger charge is 2.08. The summed E-state index contributed by atoms with van der Waals surface area (Å²) >= 11 is 0. The van der Waals surface area contributed by atoms with E-state index in [1.165, 1.54) is 0 Å². The number of aliphatic hydroxyl groups is 1. The second-order valence-corrected chi connectivity index (χ2v) is 3.77. The van der Waals surface area contributed by atoms with Crippen molar-refractivity contribution in [1.29, 1.82) is 0 Å². The van der Waals surface area contributed by atoms with Gasteiger partial charge in [0.05, 0.1) is 0 Å². The molecule has 1 heterocycles. The molecule has 0 bridgehead atoms. The fourth-order valence-corrected chi connectivity index (χ4v) is 1.62. The van der Waals surface area contributed by atoms with Gasteiger partial charge in [-0.05, 0) is 6.42 Å². The quantitative estimate of drug-likeness (QED) is 0.703. The minimum absolute atomic E-state index is 0. The Morgan fingerprint density at radius 3 is 2.14 bits per heavy atom. The van der Waals surface area contributed by atoms with Crippen molar-refractivity contribution < 1.29 is 11.3 Å². The summed E-state index contributed by atoms with van der Waals surface area (Å²) in [6.07, 6.45) is 0.984. The first-order chi connectivity index (χ1) is 10.3. The topological polar surface area (TPSA) is 64.6 Å². The van der Waals surface area contributed by atoms with E-state index in [9.17, 15) is 4.79 Å². The first kappa shape index (κ1) is 25.3. The molecule has 1 rings (SSSR count). The van der Waals surface area contributed by atoms with Crippen LogP contribution in [0.5, 0.6) is 0 Å². The molecule has 0 aromatic rings. The Morgan fingerprint density at radius 2 is 1.67 bits per heavy atom. The van der Waals surface area contributed by atoms with Crippen LogP contribution >= 0.6 is 0 Å². The number of carbonyl (C=O) groups excluding carboxylic acids is 1. The molecule has 5 nitrogen and oxygen atoms in total. The summed E-state index contributed by atoms with van der Waals surface area (Å²) in [4.78, 5) is 13.5. The van der Waals surface area contributed by atoms with Crippen molar-refractivity contribution in [2.24, 2.45) is 0 Å². The van der Waals surface area contributed by atoms with Crippen LogP contribution in [0.3, 0.4) is 0 Å². The average Bonchev–Trinajstić information content (AvgIpc) is 2.59. The Kier molecular flexibility index (Phi) is 29.4. The van der Waals surface area contributed by atoms with E-state index in [1.54, 1.807) is 0 Å². The Bertz CT molecular complexity index is 190. The summed E-state index contributed by atoms with van der Waals surface area (Å²) in [6, 6.07) is 0. The van der Waals surface area contributed by atoms with Gasteiger partial charge in [-0.25, -0.2) is 0 Å². The Hall–Kier alpha value is -0.650. The molecular formula is C16H41N3O2. The third-order valence-electron chi connectivity index (χ3n) is 2.52. The van der Waals surface area contributed by atoms with E-state index in [0.29, 0.717) is 19.4 Å². The summed E-state index contributed by atoms with van der Waals surface area (Å²) in [5, 5.41) is 14.7. The third-order valence-corrected chi connectivity index (χ3v) is 2.52. The zero-order valence-electron chi connectivity index (χ0n) is 15.2. The molecule has 0 aromatic heterocycles. The Labute approximate surface area is 134 Å². The molecular weight excluding hydrogens is 266 g/mol. The number of rotatable bonds is 6. The molecule has 0 saturated carbocycles. The van der Waals surface area contributed by atoms with E-state index in [0.717, 1.165) is 32.7 Å². The van der Waals surface area contributed by atoms with Gasteiger partial charge in [0.2, 0.25) is 5.91 Å². The summed E-state index contributed by atoms with van der Waals surface area (Å²) in [7, 11) is 0. The van der Waals surface area contributed by atoms with E-state index in [1.807, 2.05) is 41.5 Å². The molecule has 0 unspecified atom stereocenters. The molecule has 5 heteroatoms. The largest absolute Gasteiger partial charge is 0.396 e. The van der Waals surface area contributed by atoms with Crippen molar-refractivity contribution in [1.82, 2.24) is 15.5 Å². The highest BCUT2D eigenvalue weighted by atomic mass is 16.3. The van der Waals surface area contributed by atoms with E-state index in [-0.39, 0.29) is 13.9 Å². The van der Waals surface area contributed by atoms with Crippen molar-refractivity contribution in [3.8, 4) is 0 Å².